The minimum atomic E-state index is -0.790. The van der Waals surface area contributed by atoms with E-state index < -0.39 is 5.97 Å². The number of aromatic nitrogens is 1. The molecule has 4 fully saturated rings. The second kappa shape index (κ2) is 4.09. The van der Waals surface area contributed by atoms with Crippen LogP contribution in [-0.2, 0) is 16.6 Å². The van der Waals surface area contributed by atoms with Crippen molar-refractivity contribution in [3.8, 4) is 0 Å². The van der Waals surface area contributed by atoms with Gasteiger partial charge in [0.1, 0.15) is 5.76 Å². The minimum absolute atomic E-state index is 0.0480. The largest absolute Gasteiger partial charge is 0.481 e. The highest BCUT2D eigenvalue weighted by atomic mass is 16.5. The number of carboxylic acid groups (broad SMARTS) is 1. The van der Waals surface area contributed by atoms with Crippen LogP contribution in [-0.4, -0.2) is 16.2 Å². The molecule has 4 nitrogen and oxygen atoms in total. The molecular weight excluding hydrogens is 254 g/mol. The molecule has 4 bridgehead atoms. The maximum absolute atomic E-state index is 11.1. The quantitative estimate of drug-likeness (QED) is 0.920. The highest BCUT2D eigenvalue weighted by molar-refractivity contribution is 5.71. The van der Waals surface area contributed by atoms with Gasteiger partial charge < -0.3 is 9.63 Å². The van der Waals surface area contributed by atoms with Crippen LogP contribution in [0.5, 0.6) is 0 Å². The van der Waals surface area contributed by atoms with Crippen LogP contribution in [0.2, 0.25) is 0 Å². The summed E-state index contributed by atoms with van der Waals surface area (Å²) in [5.41, 5.74) is 1.71. The zero-order chi connectivity index (χ0) is 13.9. The van der Waals surface area contributed by atoms with Crippen molar-refractivity contribution < 1.29 is 14.4 Å². The molecule has 5 rings (SSSR count). The Morgan fingerprint density at radius 3 is 2.30 bits per heavy atom. The summed E-state index contributed by atoms with van der Waals surface area (Å²) >= 11 is 0. The molecule has 0 aromatic carbocycles. The van der Waals surface area contributed by atoms with Gasteiger partial charge in [-0.05, 0) is 63.2 Å². The van der Waals surface area contributed by atoms with Gasteiger partial charge >= 0.3 is 5.97 Å². The number of hydrogen-bond donors (Lipinski definition) is 1. The fraction of sp³-hybridized carbons (Fsp3) is 0.750. The summed E-state index contributed by atoms with van der Waals surface area (Å²) in [6, 6.07) is 0. The van der Waals surface area contributed by atoms with Crippen LogP contribution in [0.1, 0.15) is 55.5 Å². The van der Waals surface area contributed by atoms with Crippen molar-refractivity contribution in [2.45, 2.75) is 57.3 Å². The number of carbonyl (C=O) groups is 1. The first-order chi connectivity index (χ1) is 9.56. The van der Waals surface area contributed by atoms with Crippen LogP contribution >= 0.6 is 0 Å². The van der Waals surface area contributed by atoms with Gasteiger partial charge in [-0.2, -0.15) is 0 Å². The molecule has 1 aromatic heterocycles. The number of rotatable bonds is 3. The maximum Gasteiger partial charge on any atom is 0.308 e. The molecule has 0 amide bonds. The highest BCUT2D eigenvalue weighted by Gasteiger charge is 2.54. The van der Waals surface area contributed by atoms with Gasteiger partial charge in [-0.3, -0.25) is 4.79 Å². The summed E-state index contributed by atoms with van der Waals surface area (Å²) < 4.78 is 5.67. The van der Waals surface area contributed by atoms with E-state index in [-0.39, 0.29) is 11.8 Å². The first-order valence-corrected chi connectivity index (χ1v) is 7.73. The van der Waals surface area contributed by atoms with E-state index in [4.69, 9.17) is 9.63 Å². The van der Waals surface area contributed by atoms with Crippen molar-refractivity contribution in [2.75, 3.05) is 0 Å². The fourth-order valence-electron chi connectivity index (χ4n) is 5.55. The predicted octanol–water partition coefficient (Wildman–Crippen LogP) is 3.08. The van der Waals surface area contributed by atoms with Crippen molar-refractivity contribution in [3.63, 3.8) is 0 Å². The zero-order valence-corrected chi connectivity index (χ0v) is 11.9. The third kappa shape index (κ3) is 1.73. The summed E-state index contributed by atoms with van der Waals surface area (Å²) in [4.78, 5) is 11.1. The summed E-state index contributed by atoms with van der Waals surface area (Å²) in [6.45, 7) is 1.87. The molecule has 1 heterocycles. The summed E-state index contributed by atoms with van der Waals surface area (Å²) in [5.74, 6) is 2.59. The van der Waals surface area contributed by atoms with Crippen molar-refractivity contribution in [3.05, 3.63) is 17.0 Å². The molecule has 4 heteroatoms. The number of carboxylic acids is 1. The number of aliphatic carboxylic acids is 1. The molecule has 1 aromatic rings. The predicted molar refractivity (Wildman–Crippen MR) is 72.4 cm³/mol. The third-order valence-corrected chi connectivity index (χ3v) is 5.83. The molecular formula is C16H21NO3. The average molecular weight is 275 g/mol. The van der Waals surface area contributed by atoms with Gasteiger partial charge in [0.05, 0.1) is 12.1 Å². The normalized spacial score (nSPS) is 38.4. The fourth-order valence-corrected chi connectivity index (χ4v) is 5.55. The molecule has 4 saturated carbocycles. The molecule has 0 saturated heterocycles. The summed E-state index contributed by atoms with van der Waals surface area (Å²) in [7, 11) is 0. The molecule has 0 atom stereocenters. The van der Waals surface area contributed by atoms with Crippen molar-refractivity contribution in [1.29, 1.82) is 0 Å². The molecule has 20 heavy (non-hydrogen) atoms. The molecule has 0 radical (unpaired) electrons. The van der Waals surface area contributed by atoms with Crippen LogP contribution in [0, 0.1) is 24.7 Å². The van der Waals surface area contributed by atoms with Crippen molar-refractivity contribution >= 4 is 5.97 Å². The minimum Gasteiger partial charge on any atom is -0.481 e. The van der Waals surface area contributed by atoms with Gasteiger partial charge in [0.2, 0.25) is 0 Å². The lowest BCUT2D eigenvalue weighted by molar-refractivity contribution is -0.136. The van der Waals surface area contributed by atoms with E-state index in [0.29, 0.717) is 0 Å². The monoisotopic (exact) mass is 275 g/mol. The molecule has 4 aliphatic carbocycles. The van der Waals surface area contributed by atoms with E-state index in [9.17, 15) is 4.79 Å². The van der Waals surface area contributed by atoms with Gasteiger partial charge in [0.15, 0.2) is 0 Å². The van der Waals surface area contributed by atoms with Crippen LogP contribution in [0.4, 0.5) is 0 Å². The number of nitrogens with zero attached hydrogens (tertiary/aromatic N) is 1. The standard InChI is InChI=1S/C16H21NO3/c1-9-13(5-14(18)19)15(20-17-9)16-6-10-2-11(7-16)4-12(3-10)8-16/h10-12H,2-8H2,1H3,(H,18,19). The number of hydrogen-bond acceptors (Lipinski definition) is 3. The van der Waals surface area contributed by atoms with Gasteiger partial charge in [-0.15, -0.1) is 0 Å². The Morgan fingerprint density at radius 1 is 1.25 bits per heavy atom. The Balaban J connectivity index is 1.75. The van der Waals surface area contributed by atoms with Gasteiger partial charge in [0, 0.05) is 11.0 Å². The first kappa shape index (κ1) is 12.4. The van der Waals surface area contributed by atoms with Crippen molar-refractivity contribution in [2.24, 2.45) is 17.8 Å². The molecule has 0 aliphatic heterocycles. The topological polar surface area (TPSA) is 63.3 Å². The smallest absolute Gasteiger partial charge is 0.308 e. The van der Waals surface area contributed by atoms with Crippen LogP contribution < -0.4 is 0 Å². The molecule has 108 valence electrons. The summed E-state index contributed by atoms with van der Waals surface area (Å²) in [5, 5.41) is 13.2. The van der Waals surface area contributed by atoms with E-state index in [1.165, 1.54) is 38.5 Å². The summed E-state index contributed by atoms with van der Waals surface area (Å²) in [6.07, 6.45) is 7.72. The zero-order valence-electron chi connectivity index (χ0n) is 11.9. The lowest BCUT2D eigenvalue weighted by atomic mass is 9.48. The van der Waals surface area contributed by atoms with E-state index in [2.05, 4.69) is 5.16 Å². The highest BCUT2D eigenvalue weighted by Crippen LogP contribution is 2.61. The number of aryl methyl sites for hydroxylation is 1. The van der Waals surface area contributed by atoms with Gasteiger partial charge in [-0.25, -0.2) is 0 Å². The van der Waals surface area contributed by atoms with Crippen LogP contribution in [0.25, 0.3) is 0 Å². The van der Waals surface area contributed by atoms with Crippen LogP contribution in [0.15, 0.2) is 4.52 Å². The Kier molecular flexibility index (Phi) is 2.54. The first-order valence-electron chi connectivity index (χ1n) is 7.73. The lowest BCUT2D eigenvalue weighted by Crippen LogP contribution is -2.48. The second-order valence-electron chi connectivity index (χ2n) is 7.34. The molecule has 1 N–H and O–H groups in total. The van der Waals surface area contributed by atoms with Crippen LogP contribution in [0.3, 0.4) is 0 Å². The van der Waals surface area contributed by atoms with E-state index >= 15 is 0 Å². The molecule has 0 unspecified atom stereocenters. The van der Waals surface area contributed by atoms with E-state index in [0.717, 1.165) is 34.8 Å². The Bertz CT molecular complexity index is 525. The van der Waals surface area contributed by atoms with E-state index in [1.54, 1.807) is 0 Å². The molecule has 4 aliphatic rings. The second-order valence-corrected chi connectivity index (χ2v) is 7.34. The maximum atomic E-state index is 11.1. The molecule has 0 spiro atoms. The Labute approximate surface area is 118 Å². The average Bonchev–Trinajstić information content (AvgIpc) is 2.69. The SMILES string of the molecule is Cc1noc(C23CC4CC(CC(C4)C2)C3)c1CC(=O)O. The third-order valence-electron chi connectivity index (χ3n) is 5.83. The van der Waals surface area contributed by atoms with E-state index in [1.807, 2.05) is 6.92 Å². The Hall–Kier alpha value is -1.32. The van der Waals surface area contributed by atoms with Gasteiger partial charge in [0.25, 0.3) is 0 Å². The lowest BCUT2D eigenvalue weighted by Gasteiger charge is -2.55. The van der Waals surface area contributed by atoms with Gasteiger partial charge in [-0.1, -0.05) is 5.16 Å². The Morgan fingerprint density at radius 2 is 1.80 bits per heavy atom. The van der Waals surface area contributed by atoms with Crippen molar-refractivity contribution in [1.82, 2.24) is 5.16 Å².